The summed E-state index contributed by atoms with van der Waals surface area (Å²) in [5, 5.41) is 0.688. The van der Waals surface area contributed by atoms with E-state index in [1.54, 1.807) is 0 Å². The molecule has 5 heteroatoms. The van der Waals surface area contributed by atoms with Crippen molar-refractivity contribution in [3.63, 3.8) is 0 Å². The van der Waals surface area contributed by atoms with E-state index in [-0.39, 0.29) is 0 Å². The molecule has 0 radical (unpaired) electrons. The number of fused-ring (bicyclic) bond motifs is 1. The second kappa shape index (κ2) is 5.99. The largest absolute Gasteiger partial charge is 0.295 e. The van der Waals surface area contributed by atoms with Gasteiger partial charge in [0.1, 0.15) is 5.82 Å². The smallest absolute Gasteiger partial charge is 0.115 e. The van der Waals surface area contributed by atoms with E-state index in [1.165, 1.54) is 5.56 Å². The lowest BCUT2D eigenvalue weighted by Gasteiger charge is -2.11. The standard InChI is InChI=1S/C16H13BrCl2N2/c1-10-2-4-14(12(17)8-10)21-15-5-3-11(19)9-13(15)20-16(21)6-7-18/h2-5,8-9H,6-7H2,1H3. The van der Waals surface area contributed by atoms with Gasteiger partial charge in [0, 0.05) is 21.8 Å². The lowest BCUT2D eigenvalue weighted by molar-refractivity contribution is 0.909. The van der Waals surface area contributed by atoms with Gasteiger partial charge in [-0.3, -0.25) is 4.57 Å². The molecule has 0 saturated carbocycles. The Balaban J connectivity index is 2.30. The van der Waals surface area contributed by atoms with Crippen LogP contribution < -0.4 is 0 Å². The van der Waals surface area contributed by atoms with Crippen molar-refractivity contribution in [3.8, 4) is 5.69 Å². The zero-order valence-electron chi connectivity index (χ0n) is 11.4. The molecule has 0 aliphatic heterocycles. The Morgan fingerprint density at radius 3 is 2.71 bits per heavy atom. The molecule has 1 aromatic heterocycles. The number of hydrogen-bond donors (Lipinski definition) is 0. The van der Waals surface area contributed by atoms with Crippen LogP contribution >= 0.6 is 39.1 Å². The molecule has 0 amide bonds. The quantitative estimate of drug-likeness (QED) is 0.543. The third kappa shape index (κ3) is 2.83. The SMILES string of the molecule is Cc1ccc(-n2c(CCCl)nc3cc(Cl)ccc32)c(Br)c1. The van der Waals surface area contributed by atoms with Crippen molar-refractivity contribution in [2.24, 2.45) is 0 Å². The van der Waals surface area contributed by atoms with E-state index in [9.17, 15) is 0 Å². The molecule has 0 N–H and O–H groups in total. The van der Waals surface area contributed by atoms with Gasteiger partial charge in [0.05, 0.1) is 16.7 Å². The van der Waals surface area contributed by atoms with Crippen molar-refractivity contribution < 1.29 is 0 Å². The van der Waals surface area contributed by atoms with Crippen LogP contribution in [0, 0.1) is 6.92 Å². The third-order valence-electron chi connectivity index (χ3n) is 3.35. The van der Waals surface area contributed by atoms with Gasteiger partial charge in [-0.05, 0) is 58.7 Å². The van der Waals surface area contributed by atoms with Crippen molar-refractivity contribution in [2.45, 2.75) is 13.3 Å². The van der Waals surface area contributed by atoms with Crippen LogP contribution in [0.2, 0.25) is 5.02 Å². The van der Waals surface area contributed by atoms with Crippen LogP contribution in [0.4, 0.5) is 0 Å². The average Bonchev–Trinajstić information content (AvgIpc) is 2.76. The first-order valence-corrected chi connectivity index (χ1v) is 8.30. The number of hydrogen-bond acceptors (Lipinski definition) is 1. The molecule has 0 fully saturated rings. The summed E-state index contributed by atoms with van der Waals surface area (Å²) < 4.78 is 3.17. The number of rotatable bonds is 3. The highest BCUT2D eigenvalue weighted by atomic mass is 79.9. The second-order valence-corrected chi connectivity index (χ2v) is 6.56. The Kier molecular flexibility index (Phi) is 4.25. The van der Waals surface area contributed by atoms with Crippen LogP contribution in [0.3, 0.4) is 0 Å². The number of imidazole rings is 1. The molecule has 2 aromatic carbocycles. The van der Waals surface area contributed by atoms with Crippen molar-refractivity contribution >= 4 is 50.2 Å². The lowest BCUT2D eigenvalue weighted by Crippen LogP contribution is -2.03. The van der Waals surface area contributed by atoms with E-state index < -0.39 is 0 Å². The summed E-state index contributed by atoms with van der Waals surface area (Å²) in [5.41, 5.74) is 4.18. The van der Waals surface area contributed by atoms with Crippen molar-refractivity contribution in [1.29, 1.82) is 0 Å². The Bertz CT molecular complexity index is 811. The predicted octanol–water partition coefficient (Wildman–Crippen LogP) is 5.53. The first-order chi connectivity index (χ1) is 10.1. The van der Waals surface area contributed by atoms with E-state index in [0.717, 1.165) is 27.0 Å². The minimum atomic E-state index is 0.528. The topological polar surface area (TPSA) is 17.8 Å². The van der Waals surface area contributed by atoms with Crippen LogP contribution in [0.25, 0.3) is 16.7 Å². The van der Waals surface area contributed by atoms with E-state index in [4.69, 9.17) is 23.2 Å². The van der Waals surface area contributed by atoms with Crippen LogP contribution in [0.5, 0.6) is 0 Å². The molecule has 3 aromatic rings. The first-order valence-electron chi connectivity index (χ1n) is 6.59. The molecular formula is C16H13BrCl2N2. The van der Waals surface area contributed by atoms with Gasteiger partial charge >= 0.3 is 0 Å². The van der Waals surface area contributed by atoms with E-state index in [2.05, 4.69) is 50.6 Å². The molecule has 0 aliphatic carbocycles. The minimum absolute atomic E-state index is 0.528. The molecule has 0 bridgehead atoms. The van der Waals surface area contributed by atoms with E-state index in [1.807, 2.05) is 18.2 Å². The fraction of sp³-hybridized carbons (Fsp3) is 0.188. The van der Waals surface area contributed by atoms with Gasteiger partial charge in [-0.1, -0.05) is 17.7 Å². The molecule has 21 heavy (non-hydrogen) atoms. The average molecular weight is 384 g/mol. The third-order valence-corrected chi connectivity index (χ3v) is 4.41. The summed E-state index contributed by atoms with van der Waals surface area (Å²) in [6.45, 7) is 2.07. The predicted molar refractivity (Wildman–Crippen MR) is 92.9 cm³/mol. The maximum Gasteiger partial charge on any atom is 0.115 e. The molecule has 0 unspecified atom stereocenters. The second-order valence-electron chi connectivity index (χ2n) is 4.89. The summed E-state index contributed by atoms with van der Waals surface area (Å²) in [4.78, 5) is 4.68. The van der Waals surface area contributed by atoms with Gasteiger partial charge in [-0.15, -0.1) is 11.6 Å². The molecule has 0 atom stereocenters. The summed E-state index contributed by atoms with van der Waals surface area (Å²) >= 11 is 15.6. The normalized spacial score (nSPS) is 11.2. The van der Waals surface area contributed by atoms with Crippen LogP contribution in [0.15, 0.2) is 40.9 Å². The van der Waals surface area contributed by atoms with Crippen molar-refractivity contribution in [2.75, 3.05) is 5.88 Å². The number of benzene rings is 2. The maximum absolute atomic E-state index is 6.07. The van der Waals surface area contributed by atoms with E-state index >= 15 is 0 Å². The lowest BCUT2D eigenvalue weighted by atomic mass is 10.2. The monoisotopic (exact) mass is 382 g/mol. The van der Waals surface area contributed by atoms with Crippen LogP contribution in [0.1, 0.15) is 11.4 Å². The fourth-order valence-electron chi connectivity index (χ4n) is 2.42. The summed E-state index contributed by atoms with van der Waals surface area (Å²) in [7, 11) is 0. The van der Waals surface area contributed by atoms with Gasteiger partial charge in [-0.2, -0.15) is 0 Å². The zero-order chi connectivity index (χ0) is 15.0. The Labute approximate surface area is 141 Å². The molecular weight excluding hydrogens is 371 g/mol. The highest BCUT2D eigenvalue weighted by Crippen LogP contribution is 2.29. The minimum Gasteiger partial charge on any atom is -0.295 e. The summed E-state index contributed by atoms with van der Waals surface area (Å²) in [5.74, 6) is 1.47. The zero-order valence-corrected chi connectivity index (χ0v) is 14.5. The van der Waals surface area contributed by atoms with Gasteiger partial charge < -0.3 is 0 Å². The summed E-state index contributed by atoms with van der Waals surface area (Å²) in [6.07, 6.45) is 0.703. The van der Waals surface area contributed by atoms with Gasteiger partial charge in [0.15, 0.2) is 0 Å². The molecule has 0 spiro atoms. The first kappa shape index (κ1) is 14.9. The fourth-order valence-corrected chi connectivity index (χ4v) is 3.42. The van der Waals surface area contributed by atoms with Gasteiger partial charge in [0.25, 0.3) is 0 Å². The van der Waals surface area contributed by atoms with Gasteiger partial charge in [-0.25, -0.2) is 4.98 Å². The number of aryl methyl sites for hydroxylation is 2. The summed E-state index contributed by atoms with van der Waals surface area (Å²) in [6, 6.07) is 12.0. The molecule has 108 valence electrons. The number of aromatic nitrogens is 2. The van der Waals surface area contributed by atoms with Gasteiger partial charge in [0.2, 0.25) is 0 Å². The highest BCUT2D eigenvalue weighted by molar-refractivity contribution is 9.10. The maximum atomic E-state index is 6.07. The Hall–Kier alpha value is -1.03. The molecule has 3 rings (SSSR count). The molecule has 0 aliphatic rings. The molecule has 0 saturated heterocycles. The van der Waals surface area contributed by atoms with Crippen LogP contribution in [-0.4, -0.2) is 15.4 Å². The van der Waals surface area contributed by atoms with E-state index in [0.29, 0.717) is 17.3 Å². The molecule has 2 nitrogen and oxygen atoms in total. The number of nitrogens with zero attached hydrogens (tertiary/aromatic N) is 2. The Morgan fingerprint density at radius 2 is 2.00 bits per heavy atom. The number of halogens is 3. The highest BCUT2D eigenvalue weighted by Gasteiger charge is 2.14. The molecule has 1 heterocycles. The Morgan fingerprint density at radius 1 is 1.19 bits per heavy atom. The van der Waals surface area contributed by atoms with Crippen molar-refractivity contribution in [1.82, 2.24) is 9.55 Å². The van der Waals surface area contributed by atoms with Crippen LogP contribution in [-0.2, 0) is 6.42 Å². The van der Waals surface area contributed by atoms with Crippen molar-refractivity contribution in [3.05, 3.63) is 57.3 Å². The number of alkyl halides is 1.